The fourth-order valence-electron chi connectivity index (χ4n) is 6.21. The van der Waals surface area contributed by atoms with E-state index in [0.29, 0.717) is 35.3 Å². The number of carbonyl (C=O) groups excluding carboxylic acids is 3. The molecule has 1 aromatic carbocycles. The van der Waals surface area contributed by atoms with Gasteiger partial charge >= 0.3 is 6.09 Å². The summed E-state index contributed by atoms with van der Waals surface area (Å²) in [7, 11) is -2.47. The summed E-state index contributed by atoms with van der Waals surface area (Å²) in [5.41, 5.74) is -0.794. The maximum Gasteiger partial charge on any atom is 0.405 e. The molecule has 1 saturated heterocycles. The lowest BCUT2D eigenvalue weighted by atomic mass is 9.85. The van der Waals surface area contributed by atoms with Crippen LogP contribution in [-0.4, -0.2) is 94.3 Å². The smallest absolute Gasteiger partial charge is 0.405 e. The highest BCUT2D eigenvalue weighted by Gasteiger charge is 2.63. The van der Waals surface area contributed by atoms with E-state index >= 15 is 0 Å². The van der Waals surface area contributed by atoms with E-state index in [0.717, 1.165) is 0 Å². The Morgan fingerprint density at radius 1 is 1.14 bits per heavy atom. The number of nitrogens with one attached hydrogen (secondary N) is 3. The Balaban J connectivity index is 1.47. The van der Waals surface area contributed by atoms with Crippen LogP contribution in [0.25, 0.3) is 11.0 Å². The van der Waals surface area contributed by atoms with Crippen LogP contribution < -0.4 is 24.8 Å². The van der Waals surface area contributed by atoms with Crippen LogP contribution in [0, 0.1) is 11.3 Å². The van der Waals surface area contributed by atoms with Gasteiger partial charge in [-0.2, -0.15) is 0 Å². The van der Waals surface area contributed by atoms with E-state index < -0.39 is 73.6 Å². The monoisotopic (exact) mass is 714 g/mol. The second-order valence-electron chi connectivity index (χ2n) is 15.0. The van der Waals surface area contributed by atoms with E-state index in [1.54, 1.807) is 45.9 Å². The molecule has 0 spiro atoms. The molecule has 1 aliphatic heterocycles. The fraction of sp³-hybridized carbons (Fsp3) is 0.588. The first kappa shape index (κ1) is 36.8. The molecule has 2 aliphatic carbocycles. The van der Waals surface area contributed by atoms with Gasteiger partial charge in [0.25, 0.3) is 5.91 Å². The number of benzene rings is 1. The van der Waals surface area contributed by atoms with Crippen LogP contribution in [0.5, 0.6) is 11.6 Å². The van der Waals surface area contributed by atoms with E-state index in [2.05, 4.69) is 21.9 Å². The zero-order valence-corrected chi connectivity index (χ0v) is 30.2. The number of hydrogen-bond acceptors (Lipinski definition) is 10. The number of methoxy groups -OCH3 is 1. The van der Waals surface area contributed by atoms with Gasteiger partial charge in [-0.15, -0.1) is 6.58 Å². The van der Waals surface area contributed by atoms with Gasteiger partial charge in [-0.3, -0.25) is 19.1 Å². The van der Waals surface area contributed by atoms with Gasteiger partial charge in [0.15, 0.2) is 0 Å². The average molecular weight is 715 g/mol. The average Bonchev–Trinajstić information content (AvgIpc) is 3.92. The maximum absolute atomic E-state index is 14.2. The van der Waals surface area contributed by atoms with Crippen molar-refractivity contribution < 1.29 is 42.2 Å². The molecule has 4 amide bonds. The maximum atomic E-state index is 14.2. The van der Waals surface area contributed by atoms with Crippen molar-refractivity contribution in [2.24, 2.45) is 11.3 Å². The molecule has 0 bridgehead atoms. The Hall–Kier alpha value is -4.47. The van der Waals surface area contributed by atoms with Crippen LogP contribution in [0.4, 0.5) is 4.79 Å². The molecule has 2 saturated carbocycles. The highest BCUT2D eigenvalue weighted by molar-refractivity contribution is 7.91. The number of rotatable bonds is 12. The van der Waals surface area contributed by atoms with Crippen LogP contribution in [0.1, 0.15) is 78.8 Å². The molecule has 2 aromatic rings. The molecule has 5 rings (SSSR count). The Labute approximate surface area is 291 Å². The Bertz CT molecular complexity index is 1840. The Kier molecular flexibility index (Phi) is 9.58. The summed E-state index contributed by atoms with van der Waals surface area (Å²) in [5.74, 6) is -2.15. The van der Waals surface area contributed by atoms with E-state index in [1.165, 1.54) is 18.1 Å². The van der Waals surface area contributed by atoms with Crippen molar-refractivity contribution in [3.05, 3.63) is 36.5 Å². The van der Waals surface area contributed by atoms with Gasteiger partial charge in [-0.1, -0.05) is 40.7 Å². The number of carbonyl (C=O) groups is 4. The molecule has 4 N–H and O–H groups in total. The number of ether oxygens (including phenoxy) is 2. The van der Waals surface area contributed by atoms with E-state index in [9.17, 15) is 32.7 Å². The summed E-state index contributed by atoms with van der Waals surface area (Å²) >= 11 is 0. The Morgan fingerprint density at radius 2 is 1.82 bits per heavy atom. The first-order valence-electron chi connectivity index (χ1n) is 16.6. The molecule has 0 radical (unpaired) electrons. The Morgan fingerprint density at radius 3 is 2.36 bits per heavy atom. The van der Waals surface area contributed by atoms with Crippen molar-refractivity contribution >= 4 is 44.9 Å². The molecule has 1 aromatic heterocycles. The van der Waals surface area contributed by atoms with Gasteiger partial charge in [0.05, 0.1) is 29.4 Å². The first-order chi connectivity index (χ1) is 23.2. The second-order valence-corrected chi connectivity index (χ2v) is 17.2. The molecule has 3 aliphatic rings. The molecule has 5 atom stereocenters. The third-order valence-electron chi connectivity index (χ3n) is 9.80. The van der Waals surface area contributed by atoms with Crippen molar-refractivity contribution in [3.63, 3.8) is 0 Å². The quantitative estimate of drug-likeness (QED) is 0.235. The normalized spacial score (nSPS) is 24.6. The third-order valence-corrected chi connectivity index (χ3v) is 12.0. The zero-order chi connectivity index (χ0) is 37.0. The van der Waals surface area contributed by atoms with Gasteiger partial charge < -0.3 is 30.1 Å². The van der Waals surface area contributed by atoms with Gasteiger partial charge in [0.2, 0.25) is 27.7 Å². The molecule has 15 nitrogen and oxygen atoms in total. The van der Waals surface area contributed by atoms with E-state index in [4.69, 9.17) is 19.4 Å². The standard InChI is InChI=1S/C34H46N6O9S/c1-9-19-16-34(19,30(43)39-50(46,47)33(7)12-13-33)38-27(41)24-15-21(17-40(24)29(42)26(32(4,5)6)37-31(44)45)49-28-25(18(2)3)35-22-11-10-20(48-8)14-23(22)36-28/h9-11,14,18-19,21,24,26,37H,1,12-13,15-17H2,2-8H3,(H,38,41)(H,39,43)(H,44,45)/t19-,21-,24+,26-,34-/m1/s1. The lowest BCUT2D eigenvalue weighted by molar-refractivity contribution is -0.142. The lowest BCUT2D eigenvalue weighted by Gasteiger charge is -2.35. The van der Waals surface area contributed by atoms with Crippen LogP contribution in [0.15, 0.2) is 30.9 Å². The summed E-state index contributed by atoms with van der Waals surface area (Å²) in [6.45, 7) is 14.1. The molecular formula is C34H46N6O9S. The topological polar surface area (TPSA) is 206 Å². The summed E-state index contributed by atoms with van der Waals surface area (Å²) in [4.78, 5) is 64.3. The molecule has 16 heteroatoms. The minimum absolute atomic E-state index is 0.0380. The van der Waals surface area contributed by atoms with Gasteiger partial charge in [0.1, 0.15) is 35.2 Å². The van der Waals surface area contributed by atoms with E-state index in [-0.39, 0.29) is 31.2 Å². The van der Waals surface area contributed by atoms with Crippen LogP contribution in [0.3, 0.4) is 0 Å². The van der Waals surface area contributed by atoms with Crippen LogP contribution >= 0.6 is 0 Å². The minimum atomic E-state index is -4.01. The number of fused-ring (bicyclic) bond motifs is 1. The first-order valence-corrected chi connectivity index (χ1v) is 18.1. The van der Waals surface area contributed by atoms with Gasteiger partial charge in [-0.25, -0.2) is 23.2 Å². The summed E-state index contributed by atoms with van der Waals surface area (Å²) in [5, 5.41) is 14.6. The predicted octanol–water partition coefficient (Wildman–Crippen LogP) is 2.85. The van der Waals surface area contributed by atoms with Crippen LogP contribution in [0.2, 0.25) is 0 Å². The van der Waals surface area contributed by atoms with Gasteiger partial charge in [0, 0.05) is 24.3 Å². The minimum Gasteiger partial charge on any atom is -0.497 e. The summed E-state index contributed by atoms with van der Waals surface area (Å²) in [6.07, 6.45) is 0.166. The zero-order valence-electron chi connectivity index (χ0n) is 29.4. The number of nitrogens with zero attached hydrogens (tertiary/aromatic N) is 3. The van der Waals surface area contributed by atoms with Crippen molar-refractivity contribution in [2.45, 2.75) is 102 Å². The molecular weight excluding hydrogens is 668 g/mol. The fourth-order valence-corrected chi connectivity index (χ4v) is 7.52. The highest BCUT2D eigenvalue weighted by atomic mass is 32.2. The molecule has 50 heavy (non-hydrogen) atoms. The van der Waals surface area contributed by atoms with E-state index in [1.807, 2.05) is 13.8 Å². The van der Waals surface area contributed by atoms with Crippen molar-refractivity contribution in [2.75, 3.05) is 13.7 Å². The van der Waals surface area contributed by atoms with Crippen molar-refractivity contribution in [3.8, 4) is 11.6 Å². The third kappa shape index (κ3) is 7.07. The van der Waals surface area contributed by atoms with Crippen molar-refractivity contribution in [1.29, 1.82) is 0 Å². The summed E-state index contributed by atoms with van der Waals surface area (Å²) in [6, 6.07) is 2.82. The largest absolute Gasteiger partial charge is 0.497 e. The summed E-state index contributed by atoms with van der Waals surface area (Å²) < 4.78 is 38.7. The number of sulfonamides is 1. The van der Waals surface area contributed by atoms with Crippen molar-refractivity contribution in [1.82, 2.24) is 30.2 Å². The number of carboxylic acid groups (broad SMARTS) is 1. The number of likely N-dealkylation sites (tertiary alicyclic amines) is 1. The lowest BCUT2D eigenvalue weighted by Crippen LogP contribution is -2.60. The number of amides is 4. The molecule has 2 heterocycles. The number of aromatic nitrogens is 2. The molecule has 3 fully saturated rings. The molecule has 272 valence electrons. The van der Waals surface area contributed by atoms with Crippen LogP contribution in [-0.2, 0) is 24.4 Å². The highest BCUT2D eigenvalue weighted by Crippen LogP contribution is 2.47. The van der Waals surface area contributed by atoms with Gasteiger partial charge in [-0.05, 0) is 43.7 Å². The predicted molar refractivity (Wildman–Crippen MR) is 183 cm³/mol. The SMILES string of the molecule is C=C[C@@H]1C[C@]1(NC(=O)[C@@H]1C[C@@H](Oc2nc3cc(OC)ccc3nc2C(C)C)CN1C(=O)[C@@H](NC(=O)O)C(C)(C)C)C(=O)NS(=O)(=O)C1(C)CC1. The number of hydrogen-bond donors (Lipinski definition) is 4. The molecule has 0 unspecified atom stereocenters. The second kappa shape index (κ2) is 13.0.